The number of carbonyl (C=O) groups is 1. The first-order valence-corrected chi connectivity index (χ1v) is 8.59. The lowest BCUT2D eigenvalue weighted by Crippen LogP contribution is -2.37. The Balaban J connectivity index is 2.01. The molecule has 0 aromatic heterocycles. The first kappa shape index (κ1) is 14.5. The van der Waals surface area contributed by atoms with Crippen LogP contribution >= 0.6 is 0 Å². The van der Waals surface area contributed by atoms with E-state index in [4.69, 9.17) is 0 Å². The summed E-state index contributed by atoms with van der Waals surface area (Å²) >= 11 is 0. The summed E-state index contributed by atoms with van der Waals surface area (Å²) in [5.74, 6) is -1.45. The molecule has 2 saturated heterocycles. The van der Waals surface area contributed by atoms with Gasteiger partial charge in [0, 0.05) is 12.1 Å². The zero-order chi connectivity index (χ0) is 15.4. The minimum Gasteiger partial charge on any atom is -0.481 e. The molecule has 3 rings (SSSR count). The van der Waals surface area contributed by atoms with E-state index in [-0.39, 0.29) is 10.9 Å². The molecule has 0 radical (unpaired) electrons. The van der Waals surface area contributed by atoms with Gasteiger partial charge in [0.15, 0.2) is 0 Å². The number of rotatable bonds is 3. The summed E-state index contributed by atoms with van der Waals surface area (Å²) in [4.78, 5) is 11.6. The Labute approximate surface area is 124 Å². The van der Waals surface area contributed by atoms with Gasteiger partial charge in [0.05, 0.1) is 10.8 Å². The summed E-state index contributed by atoms with van der Waals surface area (Å²) in [5, 5.41) is 9.26. The van der Waals surface area contributed by atoms with Crippen molar-refractivity contribution in [2.24, 2.45) is 5.92 Å². The summed E-state index contributed by atoms with van der Waals surface area (Å²) < 4.78 is 27.3. The second kappa shape index (κ2) is 4.81. The van der Waals surface area contributed by atoms with Gasteiger partial charge < -0.3 is 5.11 Å². The van der Waals surface area contributed by atoms with E-state index in [2.05, 4.69) is 0 Å². The molecule has 0 spiro atoms. The fourth-order valence-corrected chi connectivity index (χ4v) is 5.89. The Morgan fingerprint density at radius 1 is 1.19 bits per heavy atom. The number of benzene rings is 1. The third kappa shape index (κ3) is 2.26. The topological polar surface area (TPSA) is 74.7 Å². The SMILES string of the molecule is Cc1cc(C)cc(S(=O)(=O)N2C3CCC2C(C(=O)O)C3)c1. The number of hydrogen-bond donors (Lipinski definition) is 1. The highest BCUT2D eigenvalue weighted by Crippen LogP contribution is 2.45. The Bertz CT molecular complexity index is 677. The lowest BCUT2D eigenvalue weighted by Gasteiger charge is -2.23. The Kier molecular flexibility index (Phi) is 3.33. The fraction of sp³-hybridized carbons (Fsp3) is 0.533. The van der Waals surface area contributed by atoms with Crippen molar-refractivity contribution in [3.05, 3.63) is 29.3 Å². The molecule has 3 atom stereocenters. The number of carboxylic acids is 1. The summed E-state index contributed by atoms with van der Waals surface area (Å²) in [7, 11) is -3.62. The average Bonchev–Trinajstić information content (AvgIpc) is 2.95. The fourth-order valence-electron chi connectivity index (χ4n) is 3.78. The van der Waals surface area contributed by atoms with Crippen LogP contribution in [-0.2, 0) is 14.8 Å². The highest BCUT2D eigenvalue weighted by Gasteiger charge is 2.54. The molecule has 0 amide bonds. The van der Waals surface area contributed by atoms with Crippen LogP contribution in [0.4, 0.5) is 0 Å². The minimum absolute atomic E-state index is 0.165. The number of carboxylic acid groups (broad SMARTS) is 1. The molecule has 5 nitrogen and oxygen atoms in total. The molecule has 2 heterocycles. The third-order valence-corrected chi connectivity index (χ3v) is 6.52. The van der Waals surface area contributed by atoms with Gasteiger partial charge in [0.2, 0.25) is 10.0 Å². The maximum absolute atomic E-state index is 12.9. The highest BCUT2D eigenvalue weighted by molar-refractivity contribution is 7.89. The molecule has 1 aromatic carbocycles. The van der Waals surface area contributed by atoms with Crippen molar-refractivity contribution >= 4 is 16.0 Å². The van der Waals surface area contributed by atoms with Crippen molar-refractivity contribution in [3.63, 3.8) is 0 Å². The van der Waals surface area contributed by atoms with Gasteiger partial charge in [-0.2, -0.15) is 4.31 Å². The first-order valence-electron chi connectivity index (χ1n) is 7.15. The number of aliphatic carboxylic acids is 1. The molecule has 3 unspecified atom stereocenters. The highest BCUT2D eigenvalue weighted by atomic mass is 32.2. The van der Waals surface area contributed by atoms with Gasteiger partial charge in [-0.25, -0.2) is 8.42 Å². The molecule has 6 heteroatoms. The largest absolute Gasteiger partial charge is 0.481 e. The zero-order valence-corrected chi connectivity index (χ0v) is 12.9. The van der Waals surface area contributed by atoms with Gasteiger partial charge in [0.1, 0.15) is 0 Å². The lowest BCUT2D eigenvalue weighted by molar-refractivity contribution is -0.142. The van der Waals surface area contributed by atoms with Crippen molar-refractivity contribution in [2.75, 3.05) is 0 Å². The molecule has 2 bridgehead atoms. The predicted molar refractivity (Wildman–Crippen MR) is 77.5 cm³/mol. The monoisotopic (exact) mass is 309 g/mol. The van der Waals surface area contributed by atoms with Crippen LogP contribution in [0, 0.1) is 19.8 Å². The standard InChI is InChI=1S/C15H19NO4S/c1-9-5-10(2)7-12(6-9)21(19,20)16-11-3-4-14(16)13(8-11)15(17)18/h5-7,11,13-14H,3-4,8H2,1-2H3,(H,17,18). The maximum atomic E-state index is 12.9. The molecule has 2 aliphatic heterocycles. The molecule has 21 heavy (non-hydrogen) atoms. The molecule has 1 aromatic rings. The normalized spacial score (nSPS) is 29.0. The van der Waals surface area contributed by atoms with E-state index < -0.39 is 28.0 Å². The van der Waals surface area contributed by atoms with E-state index in [1.54, 1.807) is 12.1 Å². The van der Waals surface area contributed by atoms with E-state index in [0.29, 0.717) is 12.8 Å². The van der Waals surface area contributed by atoms with Crippen LogP contribution in [0.1, 0.15) is 30.4 Å². The molecule has 0 saturated carbocycles. The van der Waals surface area contributed by atoms with E-state index in [0.717, 1.165) is 17.5 Å². The number of fused-ring (bicyclic) bond motifs is 2. The van der Waals surface area contributed by atoms with E-state index in [1.165, 1.54) is 4.31 Å². The van der Waals surface area contributed by atoms with Crippen molar-refractivity contribution in [2.45, 2.75) is 50.1 Å². The molecular formula is C15H19NO4S. The smallest absolute Gasteiger partial charge is 0.308 e. The number of nitrogens with zero attached hydrogens (tertiary/aromatic N) is 1. The number of sulfonamides is 1. The van der Waals surface area contributed by atoms with Crippen molar-refractivity contribution in [3.8, 4) is 0 Å². The summed E-state index contributed by atoms with van der Waals surface area (Å²) in [6, 6.07) is 4.70. The summed E-state index contributed by atoms with van der Waals surface area (Å²) in [6.45, 7) is 3.73. The lowest BCUT2D eigenvalue weighted by atomic mass is 9.89. The average molecular weight is 309 g/mol. The van der Waals surface area contributed by atoms with E-state index in [9.17, 15) is 18.3 Å². The van der Waals surface area contributed by atoms with Crippen LogP contribution in [0.15, 0.2) is 23.1 Å². The Morgan fingerprint density at radius 2 is 1.81 bits per heavy atom. The maximum Gasteiger partial charge on any atom is 0.308 e. The Hall–Kier alpha value is -1.40. The van der Waals surface area contributed by atoms with Crippen LogP contribution in [0.5, 0.6) is 0 Å². The van der Waals surface area contributed by atoms with Gasteiger partial charge in [-0.3, -0.25) is 4.79 Å². The molecule has 2 fully saturated rings. The quantitative estimate of drug-likeness (QED) is 0.926. The van der Waals surface area contributed by atoms with Crippen LogP contribution in [-0.4, -0.2) is 35.9 Å². The van der Waals surface area contributed by atoms with Crippen molar-refractivity contribution in [1.82, 2.24) is 4.31 Å². The van der Waals surface area contributed by atoms with E-state index >= 15 is 0 Å². The molecular weight excluding hydrogens is 290 g/mol. The Morgan fingerprint density at radius 3 is 2.33 bits per heavy atom. The molecule has 114 valence electrons. The van der Waals surface area contributed by atoms with Gasteiger partial charge in [0.25, 0.3) is 0 Å². The van der Waals surface area contributed by atoms with Gasteiger partial charge >= 0.3 is 5.97 Å². The second-order valence-corrected chi connectivity index (χ2v) is 7.98. The van der Waals surface area contributed by atoms with Gasteiger partial charge in [-0.15, -0.1) is 0 Å². The van der Waals surface area contributed by atoms with E-state index in [1.807, 2.05) is 19.9 Å². The van der Waals surface area contributed by atoms with Gasteiger partial charge in [-0.05, 0) is 56.4 Å². The minimum atomic E-state index is -3.62. The van der Waals surface area contributed by atoms with Crippen LogP contribution in [0.25, 0.3) is 0 Å². The first-order chi connectivity index (χ1) is 9.80. The molecule has 0 aliphatic carbocycles. The molecule has 2 aliphatic rings. The molecule has 1 N–H and O–H groups in total. The van der Waals surface area contributed by atoms with Crippen LogP contribution < -0.4 is 0 Å². The number of aryl methyl sites for hydroxylation is 2. The zero-order valence-electron chi connectivity index (χ0n) is 12.1. The second-order valence-electron chi connectivity index (χ2n) is 6.14. The van der Waals surface area contributed by atoms with Crippen molar-refractivity contribution < 1.29 is 18.3 Å². The third-order valence-electron chi connectivity index (χ3n) is 4.56. The predicted octanol–water partition coefficient (Wildman–Crippen LogP) is 1.93. The van der Waals surface area contributed by atoms with Crippen molar-refractivity contribution in [1.29, 1.82) is 0 Å². The number of hydrogen-bond acceptors (Lipinski definition) is 3. The van der Waals surface area contributed by atoms with Crippen LogP contribution in [0.2, 0.25) is 0 Å². The summed E-state index contributed by atoms with van der Waals surface area (Å²) in [6.07, 6.45) is 1.84. The van der Waals surface area contributed by atoms with Gasteiger partial charge in [-0.1, -0.05) is 6.07 Å². The summed E-state index contributed by atoms with van der Waals surface area (Å²) in [5.41, 5.74) is 1.80. The van der Waals surface area contributed by atoms with Crippen LogP contribution in [0.3, 0.4) is 0 Å².